The molecule has 0 aromatic carbocycles. The molecule has 156 valence electrons. The Balaban J connectivity index is 1.49. The molecule has 2 aromatic heterocycles. The van der Waals surface area contributed by atoms with Crippen molar-refractivity contribution in [1.29, 1.82) is 0 Å². The molecular weight excluding hydrogens is 410 g/mol. The van der Waals surface area contributed by atoms with Gasteiger partial charge in [-0.25, -0.2) is 15.0 Å². The van der Waals surface area contributed by atoms with Gasteiger partial charge in [-0.1, -0.05) is 23.4 Å². The number of ether oxygens (including phenoxy) is 1. The number of rotatable bonds is 3. The van der Waals surface area contributed by atoms with Crippen molar-refractivity contribution >= 4 is 40.8 Å². The first-order valence-corrected chi connectivity index (χ1v) is 10.8. The van der Waals surface area contributed by atoms with E-state index >= 15 is 0 Å². The topological polar surface area (TPSA) is 129 Å². The van der Waals surface area contributed by atoms with E-state index in [9.17, 15) is 0 Å². The van der Waals surface area contributed by atoms with Crippen LogP contribution in [-0.2, 0) is 4.74 Å². The normalized spacial score (nSPS) is 22.9. The Morgan fingerprint density at radius 3 is 2.55 bits per heavy atom. The van der Waals surface area contributed by atoms with Crippen molar-refractivity contribution in [2.24, 2.45) is 11.1 Å². The van der Waals surface area contributed by atoms with Crippen molar-refractivity contribution in [2.75, 3.05) is 36.1 Å². The number of hydrogen-bond acceptors (Lipinski definition) is 9. The molecule has 2 fully saturated rings. The molecule has 2 aromatic rings. The van der Waals surface area contributed by atoms with Crippen LogP contribution in [0.2, 0.25) is 5.02 Å². The van der Waals surface area contributed by atoms with Crippen LogP contribution in [0.5, 0.6) is 0 Å². The van der Waals surface area contributed by atoms with E-state index in [0.29, 0.717) is 22.5 Å². The SMILES string of the molecule is CC1(C)OC[C@@H](N)C12CCN(c1cnc(Sc3ccnc(N)c3Cl)c(N)n1)CC2. The molecule has 0 bridgehead atoms. The van der Waals surface area contributed by atoms with Crippen LogP contribution in [0.15, 0.2) is 28.4 Å². The molecule has 0 aliphatic carbocycles. The zero-order valence-electron chi connectivity index (χ0n) is 16.6. The smallest absolute Gasteiger partial charge is 0.158 e. The first-order valence-electron chi connectivity index (χ1n) is 9.58. The van der Waals surface area contributed by atoms with Crippen molar-refractivity contribution in [3.05, 3.63) is 23.5 Å². The minimum absolute atomic E-state index is 0.00368. The lowest BCUT2D eigenvalue weighted by atomic mass is 9.64. The highest BCUT2D eigenvalue weighted by molar-refractivity contribution is 7.99. The molecule has 8 nitrogen and oxygen atoms in total. The zero-order valence-corrected chi connectivity index (χ0v) is 18.1. The Morgan fingerprint density at radius 1 is 1.21 bits per heavy atom. The molecule has 0 radical (unpaired) electrons. The monoisotopic (exact) mass is 435 g/mol. The summed E-state index contributed by atoms with van der Waals surface area (Å²) in [6.07, 6.45) is 5.26. The fraction of sp³-hybridized carbons (Fsp3) is 0.526. The third-order valence-corrected chi connectivity index (χ3v) is 7.93. The second-order valence-electron chi connectivity index (χ2n) is 8.10. The van der Waals surface area contributed by atoms with Crippen molar-refractivity contribution in [3.63, 3.8) is 0 Å². The summed E-state index contributed by atoms with van der Waals surface area (Å²) in [5.74, 6) is 1.41. The minimum atomic E-state index is -0.213. The van der Waals surface area contributed by atoms with Crippen LogP contribution >= 0.6 is 23.4 Å². The van der Waals surface area contributed by atoms with Crippen molar-refractivity contribution in [1.82, 2.24) is 15.0 Å². The quantitative estimate of drug-likeness (QED) is 0.665. The maximum atomic E-state index is 6.43. The average molecular weight is 436 g/mol. The van der Waals surface area contributed by atoms with Gasteiger partial charge in [0.05, 0.1) is 23.4 Å². The van der Waals surface area contributed by atoms with E-state index in [0.717, 1.165) is 36.6 Å². The van der Waals surface area contributed by atoms with Crippen LogP contribution in [-0.4, -0.2) is 46.3 Å². The van der Waals surface area contributed by atoms with Crippen LogP contribution < -0.4 is 22.1 Å². The summed E-state index contributed by atoms with van der Waals surface area (Å²) in [7, 11) is 0. The van der Waals surface area contributed by atoms with Gasteiger partial charge in [0.25, 0.3) is 0 Å². The Labute approximate surface area is 179 Å². The van der Waals surface area contributed by atoms with Gasteiger partial charge in [0.15, 0.2) is 5.82 Å². The minimum Gasteiger partial charge on any atom is -0.382 e. The maximum absolute atomic E-state index is 6.43. The lowest BCUT2D eigenvalue weighted by Gasteiger charge is -2.48. The molecule has 29 heavy (non-hydrogen) atoms. The predicted octanol–water partition coefficient (Wildman–Crippen LogP) is 2.56. The fourth-order valence-corrected chi connectivity index (χ4v) is 5.41. The summed E-state index contributed by atoms with van der Waals surface area (Å²) < 4.78 is 5.98. The zero-order chi connectivity index (χ0) is 20.8. The summed E-state index contributed by atoms with van der Waals surface area (Å²) in [4.78, 5) is 16.0. The van der Waals surface area contributed by atoms with Gasteiger partial charge in [-0.2, -0.15) is 0 Å². The highest BCUT2D eigenvalue weighted by Crippen LogP contribution is 2.50. The maximum Gasteiger partial charge on any atom is 0.158 e. The number of nitrogens with two attached hydrogens (primary N) is 3. The number of piperidine rings is 1. The van der Waals surface area contributed by atoms with Crippen LogP contribution in [0.25, 0.3) is 0 Å². The second-order valence-corrected chi connectivity index (χ2v) is 9.51. The molecule has 6 N–H and O–H groups in total. The summed E-state index contributed by atoms with van der Waals surface area (Å²) in [6, 6.07) is 1.84. The summed E-state index contributed by atoms with van der Waals surface area (Å²) in [5.41, 5.74) is 18.2. The molecule has 10 heteroatoms. The lowest BCUT2D eigenvalue weighted by Crippen LogP contribution is -2.55. The van der Waals surface area contributed by atoms with Crippen LogP contribution in [0.1, 0.15) is 26.7 Å². The number of aromatic nitrogens is 3. The van der Waals surface area contributed by atoms with Gasteiger partial charge >= 0.3 is 0 Å². The van der Waals surface area contributed by atoms with E-state index in [1.807, 2.05) is 0 Å². The molecule has 4 heterocycles. The number of halogens is 1. The number of nitrogens with zero attached hydrogens (tertiary/aromatic N) is 4. The molecule has 2 saturated heterocycles. The van der Waals surface area contributed by atoms with Crippen molar-refractivity contribution < 1.29 is 4.74 Å². The van der Waals surface area contributed by atoms with E-state index < -0.39 is 0 Å². The van der Waals surface area contributed by atoms with Gasteiger partial charge in [-0.15, -0.1) is 0 Å². The average Bonchev–Trinajstić information content (AvgIpc) is 2.91. The molecule has 0 unspecified atom stereocenters. The van der Waals surface area contributed by atoms with Gasteiger partial charge in [0, 0.05) is 35.6 Å². The molecular formula is C19H26ClN7OS. The van der Waals surface area contributed by atoms with Gasteiger partial charge in [-0.05, 0) is 32.8 Å². The standard InChI is InChI=1S/C19H26ClN7OS/c1-18(2)19(12(21)10-28-18)4-7-27(8-5-19)13-9-25-17(16(23)26-13)29-11-3-6-24-15(22)14(11)20/h3,6,9,12H,4-5,7-8,10,21H2,1-2H3,(H2,22,24)(H2,23,26)/t12-/m1/s1. The highest BCUT2D eigenvalue weighted by Gasteiger charge is 2.56. The second kappa shape index (κ2) is 7.46. The highest BCUT2D eigenvalue weighted by atomic mass is 35.5. The van der Waals surface area contributed by atoms with Gasteiger partial charge in [0.1, 0.15) is 16.7 Å². The van der Waals surface area contributed by atoms with E-state index in [1.54, 1.807) is 18.5 Å². The largest absolute Gasteiger partial charge is 0.382 e. The van der Waals surface area contributed by atoms with Gasteiger partial charge in [0.2, 0.25) is 0 Å². The predicted molar refractivity (Wildman–Crippen MR) is 116 cm³/mol. The Kier molecular flexibility index (Phi) is 5.27. The summed E-state index contributed by atoms with van der Waals surface area (Å²) in [5, 5.41) is 0.976. The first-order chi connectivity index (χ1) is 13.7. The van der Waals surface area contributed by atoms with Gasteiger partial charge in [-0.3, -0.25) is 0 Å². The number of nitrogen functional groups attached to an aromatic ring is 2. The Bertz CT molecular complexity index is 917. The van der Waals surface area contributed by atoms with E-state index in [1.165, 1.54) is 11.8 Å². The third kappa shape index (κ3) is 3.50. The number of pyridine rings is 1. The van der Waals surface area contributed by atoms with Crippen LogP contribution in [0, 0.1) is 5.41 Å². The third-order valence-electron chi connectivity index (χ3n) is 6.35. The van der Waals surface area contributed by atoms with Crippen LogP contribution in [0.4, 0.5) is 17.5 Å². The summed E-state index contributed by atoms with van der Waals surface area (Å²) >= 11 is 7.54. The van der Waals surface area contributed by atoms with Crippen LogP contribution in [0.3, 0.4) is 0 Å². The molecule has 2 aliphatic heterocycles. The van der Waals surface area contributed by atoms with Crippen molar-refractivity contribution in [2.45, 2.75) is 48.3 Å². The molecule has 0 saturated carbocycles. The first kappa shape index (κ1) is 20.5. The van der Waals surface area contributed by atoms with E-state index in [-0.39, 0.29) is 22.9 Å². The Hall–Kier alpha value is -1.81. The number of anilines is 3. The molecule has 2 aliphatic rings. The number of hydrogen-bond donors (Lipinski definition) is 3. The molecule has 0 amide bonds. The molecule has 4 rings (SSSR count). The fourth-order valence-electron chi connectivity index (χ4n) is 4.39. The lowest BCUT2D eigenvalue weighted by molar-refractivity contribution is -0.0446. The van der Waals surface area contributed by atoms with Crippen molar-refractivity contribution in [3.8, 4) is 0 Å². The summed E-state index contributed by atoms with van der Waals surface area (Å²) in [6.45, 7) is 6.60. The Morgan fingerprint density at radius 2 is 1.93 bits per heavy atom. The molecule has 1 spiro atoms. The molecule has 1 atom stereocenters. The van der Waals surface area contributed by atoms with E-state index in [2.05, 4.69) is 33.7 Å². The van der Waals surface area contributed by atoms with E-state index in [4.69, 9.17) is 33.5 Å². The van der Waals surface area contributed by atoms with Gasteiger partial charge < -0.3 is 26.8 Å².